The Hall–Kier alpha value is -1.71. The molecule has 0 atom stereocenters. The van der Waals surface area contributed by atoms with E-state index in [0.717, 1.165) is 0 Å². The average Bonchev–Trinajstić information content (AvgIpc) is 2.58. The molecule has 0 unspecified atom stereocenters. The highest BCUT2D eigenvalue weighted by Crippen LogP contribution is 1.96. The molecule has 2 rings (SSSR count). The summed E-state index contributed by atoms with van der Waals surface area (Å²) in [4.78, 5) is 0. The van der Waals surface area contributed by atoms with Crippen LogP contribution in [0.1, 0.15) is 0 Å². The van der Waals surface area contributed by atoms with Gasteiger partial charge in [-0.25, -0.2) is 4.68 Å². The Morgan fingerprint density at radius 1 is 1.45 bits per heavy atom. The lowest BCUT2D eigenvalue weighted by Gasteiger charge is -1.94. The summed E-state index contributed by atoms with van der Waals surface area (Å²) in [5.74, 6) is 0.703. The minimum absolute atomic E-state index is 0.703. The van der Waals surface area contributed by atoms with Gasteiger partial charge < -0.3 is 0 Å². The Bertz CT molecular complexity index is 313. The van der Waals surface area contributed by atoms with Gasteiger partial charge in [0.2, 0.25) is 0 Å². The fraction of sp³-hybridized carbons (Fsp3) is 0. The van der Waals surface area contributed by atoms with Crippen LogP contribution >= 0.6 is 0 Å². The zero-order valence-electron chi connectivity index (χ0n) is 5.68. The van der Waals surface area contributed by atoms with Gasteiger partial charge in [-0.1, -0.05) is 0 Å². The first-order valence-corrected chi connectivity index (χ1v) is 3.16. The molecule has 0 saturated heterocycles. The number of nitrogens with zero attached hydrogens (tertiary/aromatic N) is 4. The molecule has 0 spiro atoms. The fourth-order valence-electron chi connectivity index (χ4n) is 0.785. The minimum atomic E-state index is 0.703. The predicted molar refractivity (Wildman–Crippen MR) is 38.0 cm³/mol. The standard InChI is InChI=1S/C7H5N4/c1-3-7(10-8-4-1)11-6-2-5-9-11/h1-3,5-6H. The second kappa shape index (κ2) is 2.49. The van der Waals surface area contributed by atoms with Crippen molar-refractivity contribution >= 4 is 0 Å². The van der Waals surface area contributed by atoms with Crippen LogP contribution in [0.4, 0.5) is 0 Å². The molecule has 1 radical (unpaired) electrons. The Kier molecular flexibility index (Phi) is 1.37. The van der Waals surface area contributed by atoms with E-state index in [2.05, 4.69) is 21.5 Å². The monoisotopic (exact) mass is 145 g/mol. The molecule has 2 aromatic heterocycles. The van der Waals surface area contributed by atoms with Gasteiger partial charge in [-0.15, -0.1) is 10.2 Å². The second-order valence-electron chi connectivity index (χ2n) is 1.97. The van der Waals surface area contributed by atoms with Crippen molar-refractivity contribution in [2.45, 2.75) is 0 Å². The number of rotatable bonds is 1. The predicted octanol–water partition coefficient (Wildman–Crippen LogP) is 0.462. The molecule has 0 aromatic carbocycles. The molecule has 0 aliphatic heterocycles. The van der Waals surface area contributed by atoms with Crippen LogP contribution in [0, 0.1) is 6.20 Å². The highest BCUT2D eigenvalue weighted by molar-refractivity contribution is 5.16. The van der Waals surface area contributed by atoms with E-state index in [1.54, 1.807) is 23.0 Å². The highest BCUT2D eigenvalue weighted by atomic mass is 15.3. The van der Waals surface area contributed by atoms with Gasteiger partial charge in [0, 0.05) is 12.4 Å². The SMILES string of the molecule is [c]1ccc(-n2cccn2)nn1. The normalized spacial score (nSPS) is 9.82. The molecule has 0 aliphatic carbocycles. The lowest BCUT2D eigenvalue weighted by molar-refractivity contribution is 0.813. The van der Waals surface area contributed by atoms with Crippen molar-refractivity contribution in [3.63, 3.8) is 0 Å². The smallest absolute Gasteiger partial charge is 0.175 e. The summed E-state index contributed by atoms with van der Waals surface area (Å²) in [6.07, 6.45) is 6.09. The Labute approximate surface area is 63.5 Å². The van der Waals surface area contributed by atoms with E-state index in [4.69, 9.17) is 0 Å². The van der Waals surface area contributed by atoms with Crippen molar-refractivity contribution in [2.75, 3.05) is 0 Å². The van der Waals surface area contributed by atoms with Crippen molar-refractivity contribution in [1.82, 2.24) is 20.0 Å². The molecular weight excluding hydrogens is 140 g/mol. The van der Waals surface area contributed by atoms with Crippen LogP contribution in [0.3, 0.4) is 0 Å². The van der Waals surface area contributed by atoms with Crippen molar-refractivity contribution in [1.29, 1.82) is 0 Å². The quantitative estimate of drug-likeness (QED) is 0.585. The first-order valence-electron chi connectivity index (χ1n) is 3.16. The molecule has 0 aliphatic rings. The zero-order valence-corrected chi connectivity index (χ0v) is 5.68. The van der Waals surface area contributed by atoms with Crippen LogP contribution in [0.2, 0.25) is 0 Å². The molecule has 11 heavy (non-hydrogen) atoms. The van der Waals surface area contributed by atoms with Crippen molar-refractivity contribution < 1.29 is 0 Å². The van der Waals surface area contributed by atoms with E-state index in [1.165, 1.54) is 0 Å². The average molecular weight is 145 g/mol. The van der Waals surface area contributed by atoms with Crippen LogP contribution in [0.5, 0.6) is 0 Å². The van der Waals surface area contributed by atoms with Crippen molar-refractivity contribution in [3.05, 3.63) is 36.8 Å². The molecule has 0 saturated carbocycles. The first-order chi connectivity index (χ1) is 5.47. The zero-order chi connectivity index (χ0) is 7.52. The summed E-state index contributed by atoms with van der Waals surface area (Å²) >= 11 is 0. The minimum Gasteiger partial charge on any atom is -0.221 e. The van der Waals surface area contributed by atoms with Crippen LogP contribution in [-0.2, 0) is 0 Å². The van der Waals surface area contributed by atoms with Gasteiger partial charge in [-0.2, -0.15) is 5.10 Å². The van der Waals surface area contributed by atoms with Crippen LogP contribution in [0.15, 0.2) is 30.6 Å². The molecule has 0 amide bonds. The summed E-state index contributed by atoms with van der Waals surface area (Å²) in [5, 5.41) is 11.4. The molecule has 0 fully saturated rings. The van der Waals surface area contributed by atoms with Crippen LogP contribution < -0.4 is 0 Å². The Balaban J connectivity index is 2.46. The molecule has 4 heteroatoms. The summed E-state index contributed by atoms with van der Waals surface area (Å²) < 4.78 is 1.64. The van der Waals surface area contributed by atoms with E-state index in [-0.39, 0.29) is 0 Å². The van der Waals surface area contributed by atoms with Gasteiger partial charge >= 0.3 is 0 Å². The topological polar surface area (TPSA) is 43.6 Å². The maximum Gasteiger partial charge on any atom is 0.175 e. The van der Waals surface area contributed by atoms with E-state index in [1.807, 2.05) is 12.3 Å². The van der Waals surface area contributed by atoms with Gasteiger partial charge in [0.1, 0.15) is 6.20 Å². The second-order valence-corrected chi connectivity index (χ2v) is 1.97. The number of aromatic nitrogens is 4. The molecule has 0 N–H and O–H groups in total. The number of hydrogen-bond donors (Lipinski definition) is 0. The van der Waals surface area contributed by atoms with Crippen molar-refractivity contribution in [2.24, 2.45) is 0 Å². The first kappa shape index (κ1) is 6.03. The van der Waals surface area contributed by atoms with E-state index in [0.29, 0.717) is 5.82 Å². The van der Waals surface area contributed by atoms with Gasteiger partial charge in [0.15, 0.2) is 5.82 Å². The summed E-state index contributed by atoms with van der Waals surface area (Å²) in [6.45, 7) is 0. The maximum absolute atomic E-state index is 3.99. The van der Waals surface area contributed by atoms with Gasteiger partial charge in [-0.3, -0.25) is 0 Å². The van der Waals surface area contributed by atoms with Gasteiger partial charge in [0.25, 0.3) is 0 Å². The Morgan fingerprint density at radius 3 is 3.09 bits per heavy atom. The molecular formula is C7H5N4. The molecule has 0 bridgehead atoms. The Morgan fingerprint density at radius 2 is 2.45 bits per heavy atom. The summed E-state index contributed by atoms with van der Waals surface area (Å²) in [5.41, 5.74) is 0. The lowest BCUT2D eigenvalue weighted by atomic mass is 10.5. The number of hydrogen-bond acceptors (Lipinski definition) is 3. The van der Waals surface area contributed by atoms with E-state index < -0.39 is 0 Å². The molecule has 2 heterocycles. The lowest BCUT2D eigenvalue weighted by Crippen LogP contribution is -1.97. The third-order valence-electron chi connectivity index (χ3n) is 1.26. The fourth-order valence-corrected chi connectivity index (χ4v) is 0.785. The van der Waals surface area contributed by atoms with E-state index >= 15 is 0 Å². The third-order valence-corrected chi connectivity index (χ3v) is 1.26. The summed E-state index contributed by atoms with van der Waals surface area (Å²) in [6, 6.07) is 5.32. The summed E-state index contributed by atoms with van der Waals surface area (Å²) in [7, 11) is 0. The van der Waals surface area contributed by atoms with Gasteiger partial charge in [-0.05, 0) is 18.2 Å². The van der Waals surface area contributed by atoms with Crippen LogP contribution in [-0.4, -0.2) is 20.0 Å². The van der Waals surface area contributed by atoms with Gasteiger partial charge in [0.05, 0.1) is 0 Å². The third kappa shape index (κ3) is 1.10. The van der Waals surface area contributed by atoms with E-state index in [9.17, 15) is 0 Å². The highest BCUT2D eigenvalue weighted by Gasteiger charge is 1.93. The molecule has 53 valence electrons. The molecule has 4 nitrogen and oxygen atoms in total. The largest absolute Gasteiger partial charge is 0.221 e. The molecule has 2 aromatic rings. The maximum atomic E-state index is 3.99. The van der Waals surface area contributed by atoms with Crippen molar-refractivity contribution in [3.8, 4) is 5.82 Å². The van der Waals surface area contributed by atoms with Crippen LogP contribution in [0.25, 0.3) is 5.82 Å².